The number of carbonyl (C=O) groups is 1. The van der Waals surface area contributed by atoms with E-state index in [1.54, 1.807) is 25.6 Å². The second-order valence-corrected chi connectivity index (χ2v) is 9.13. The summed E-state index contributed by atoms with van der Waals surface area (Å²) < 4.78 is 5.11. The van der Waals surface area contributed by atoms with Crippen molar-refractivity contribution in [2.24, 2.45) is 0 Å². The van der Waals surface area contributed by atoms with E-state index >= 15 is 0 Å². The fourth-order valence-corrected chi connectivity index (χ4v) is 4.88. The quantitative estimate of drug-likeness (QED) is 0.365. The summed E-state index contributed by atoms with van der Waals surface area (Å²) in [6, 6.07) is 8.63. The highest BCUT2D eigenvalue weighted by Gasteiger charge is 2.26. The van der Waals surface area contributed by atoms with Crippen LogP contribution >= 0.6 is 23.1 Å². The fraction of sp³-hybridized carbons (Fsp3) is 0.364. The zero-order valence-corrected chi connectivity index (χ0v) is 20.2. The van der Waals surface area contributed by atoms with Crippen molar-refractivity contribution in [2.75, 3.05) is 42.0 Å². The Morgan fingerprint density at radius 1 is 1.25 bits per heavy atom. The summed E-state index contributed by atoms with van der Waals surface area (Å²) >= 11 is 2.98. The summed E-state index contributed by atoms with van der Waals surface area (Å²) in [5, 5.41) is 6.93. The maximum atomic E-state index is 12.1. The van der Waals surface area contributed by atoms with Crippen LogP contribution in [-0.2, 0) is 17.7 Å². The van der Waals surface area contributed by atoms with Crippen molar-refractivity contribution in [1.82, 2.24) is 15.0 Å². The molecule has 0 saturated carbocycles. The lowest BCUT2D eigenvalue weighted by Crippen LogP contribution is -2.21. The van der Waals surface area contributed by atoms with Crippen LogP contribution in [0.2, 0.25) is 0 Å². The van der Waals surface area contributed by atoms with Crippen LogP contribution in [0.3, 0.4) is 0 Å². The molecule has 0 bridgehead atoms. The number of anilines is 4. The van der Waals surface area contributed by atoms with E-state index in [1.807, 2.05) is 7.05 Å². The number of aromatic nitrogens is 3. The molecular weight excluding hydrogens is 444 g/mol. The molecule has 168 valence electrons. The molecule has 1 aliphatic heterocycles. The van der Waals surface area contributed by atoms with E-state index in [2.05, 4.69) is 56.0 Å². The average molecular weight is 471 g/mol. The minimum atomic E-state index is -0.361. The molecule has 2 N–H and O–H groups in total. The molecule has 0 radical (unpaired) electrons. The standard InChI is InChI=1S/C22H26N6O2S2/c1-5-30-20(29)17-13(2)24-22(32-17)27-21-25-18(23-3)16-10-11-28(19(16)26-21)12-14-6-8-15(31-4)9-7-14/h6-9H,5,10-12H2,1-4H3,(H2,23,24,25,26,27). The number of thioether (sulfide) groups is 1. The molecule has 0 spiro atoms. The van der Waals surface area contributed by atoms with Crippen molar-refractivity contribution >= 4 is 51.8 Å². The molecular formula is C22H26N6O2S2. The summed E-state index contributed by atoms with van der Waals surface area (Å²) in [6.07, 6.45) is 2.97. The van der Waals surface area contributed by atoms with Crippen LogP contribution in [0.4, 0.5) is 22.7 Å². The fourth-order valence-electron chi connectivity index (χ4n) is 3.62. The number of rotatable bonds is 8. The van der Waals surface area contributed by atoms with Gasteiger partial charge >= 0.3 is 5.97 Å². The molecule has 0 atom stereocenters. The molecule has 0 aliphatic carbocycles. The lowest BCUT2D eigenvalue weighted by molar-refractivity contribution is 0.0531. The minimum Gasteiger partial charge on any atom is -0.462 e. The molecule has 0 amide bonds. The third-order valence-corrected chi connectivity index (χ3v) is 6.96. The first-order chi connectivity index (χ1) is 15.5. The number of nitrogens with one attached hydrogen (secondary N) is 2. The number of hydrogen-bond acceptors (Lipinski definition) is 10. The monoisotopic (exact) mass is 470 g/mol. The molecule has 0 unspecified atom stereocenters. The van der Waals surface area contributed by atoms with Gasteiger partial charge < -0.3 is 15.0 Å². The molecule has 0 fully saturated rings. The van der Waals surface area contributed by atoms with Gasteiger partial charge in [0.1, 0.15) is 16.5 Å². The third-order valence-electron chi connectivity index (χ3n) is 5.16. The highest BCUT2D eigenvalue weighted by Crippen LogP contribution is 2.34. The van der Waals surface area contributed by atoms with Crippen LogP contribution in [0, 0.1) is 6.92 Å². The topological polar surface area (TPSA) is 92.3 Å². The van der Waals surface area contributed by atoms with E-state index in [9.17, 15) is 4.79 Å². The second-order valence-electron chi connectivity index (χ2n) is 7.25. The van der Waals surface area contributed by atoms with Crippen molar-refractivity contribution in [3.63, 3.8) is 0 Å². The first-order valence-corrected chi connectivity index (χ1v) is 12.4. The molecule has 10 heteroatoms. The maximum absolute atomic E-state index is 12.1. The van der Waals surface area contributed by atoms with Crippen molar-refractivity contribution in [1.29, 1.82) is 0 Å². The Bertz CT molecular complexity index is 1120. The number of nitrogens with zero attached hydrogens (tertiary/aromatic N) is 4. The van der Waals surface area contributed by atoms with Gasteiger partial charge in [0.05, 0.1) is 12.3 Å². The molecule has 3 heterocycles. The number of hydrogen-bond donors (Lipinski definition) is 2. The Hall–Kier alpha value is -2.85. The van der Waals surface area contributed by atoms with E-state index in [-0.39, 0.29) is 5.97 Å². The van der Waals surface area contributed by atoms with Gasteiger partial charge in [-0.15, -0.1) is 11.8 Å². The van der Waals surface area contributed by atoms with E-state index in [0.717, 1.165) is 36.7 Å². The lowest BCUT2D eigenvalue weighted by atomic mass is 10.2. The molecule has 2 aromatic heterocycles. The zero-order chi connectivity index (χ0) is 22.7. The molecule has 3 aromatic rings. The number of aryl methyl sites for hydroxylation is 1. The van der Waals surface area contributed by atoms with Crippen LogP contribution in [0.25, 0.3) is 0 Å². The average Bonchev–Trinajstić information content (AvgIpc) is 3.37. The summed E-state index contributed by atoms with van der Waals surface area (Å²) in [5.74, 6) is 1.80. The van der Waals surface area contributed by atoms with Gasteiger partial charge in [0, 0.05) is 30.6 Å². The minimum absolute atomic E-state index is 0.328. The number of ether oxygens (including phenoxy) is 1. The van der Waals surface area contributed by atoms with Gasteiger partial charge in [-0.2, -0.15) is 9.97 Å². The van der Waals surface area contributed by atoms with Crippen molar-refractivity contribution in [3.8, 4) is 0 Å². The van der Waals surface area contributed by atoms with Crippen LogP contribution in [0.1, 0.15) is 33.4 Å². The van der Waals surface area contributed by atoms with Crippen molar-refractivity contribution in [2.45, 2.75) is 31.7 Å². The summed E-state index contributed by atoms with van der Waals surface area (Å²) in [5.41, 5.74) is 2.98. The maximum Gasteiger partial charge on any atom is 0.350 e. The van der Waals surface area contributed by atoms with E-state index < -0.39 is 0 Å². The second kappa shape index (κ2) is 9.74. The molecule has 0 saturated heterocycles. The SMILES string of the molecule is CCOC(=O)c1sc(Nc2nc(NC)c3c(n2)N(Cc2ccc(SC)cc2)CC3)nc1C. The van der Waals surface area contributed by atoms with Crippen molar-refractivity contribution in [3.05, 3.63) is 46.0 Å². The van der Waals surface area contributed by atoms with Gasteiger partial charge in [-0.3, -0.25) is 5.32 Å². The van der Waals surface area contributed by atoms with E-state index in [0.29, 0.717) is 28.3 Å². The predicted molar refractivity (Wildman–Crippen MR) is 131 cm³/mol. The largest absolute Gasteiger partial charge is 0.462 e. The van der Waals surface area contributed by atoms with Gasteiger partial charge in [0.15, 0.2) is 5.13 Å². The van der Waals surface area contributed by atoms with Gasteiger partial charge in [0.25, 0.3) is 0 Å². The van der Waals surface area contributed by atoms with Gasteiger partial charge in [0.2, 0.25) is 5.95 Å². The highest BCUT2D eigenvalue weighted by atomic mass is 32.2. The highest BCUT2D eigenvalue weighted by molar-refractivity contribution is 7.98. The van der Waals surface area contributed by atoms with Crippen LogP contribution in [0.15, 0.2) is 29.2 Å². The van der Waals surface area contributed by atoms with Gasteiger partial charge in [-0.25, -0.2) is 9.78 Å². The summed E-state index contributed by atoms with van der Waals surface area (Å²) in [6.45, 7) is 5.57. The van der Waals surface area contributed by atoms with Crippen LogP contribution in [0.5, 0.6) is 0 Å². The Morgan fingerprint density at radius 2 is 2.03 bits per heavy atom. The normalized spacial score (nSPS) is 12.6. The number of benzene rings is 1. The first kappa shape index (κ1) is 22.3. The van der Waals surface area contributed by atoms with E-state index in [1.165, 1.54) is 21.8 Å². The molecule has 8 nitrogen and oxygen atoms in total. The third kappa shape index (κ3) is 4.66. The molecule has 1 aliphatic rings. The van der Waals surface area contributed by atoms with Crippen LogP contribution < -0.4 is 15.5 Å². The van der Waals surface area contributed by atoms with Crippen molar-refractivity contribution < 1.29 is 9.53 Å². The Kier molecular flexibility index (Phi) is 6.80. The predicted octanol–water partition coefficient (Wildman–Crippen LogP) is 4.49. The number of thiazole rings is 1. The Morgan fingerprint density at radius 3 is 2.72 bits per heavy atom. The van der Waals surface area contributed by atoms with E-state index in [4.69, 9.17) is 9.72 Å². The Labute approximate surface area is 195 Å². The molecule has 32 heavy (non-hydrogen) atoms. The smallest absolute Gasteiger partial charge is 0.350 e. The first-order valence-electron chi connectivity index (χ1n) is 10.4. The zero-order valence-electron chi connectivity index (χ0n) is 18.6. The lowest BCUT2D eigenvalue weighted by Gasteiger charge is -2.19. The molecule has 1 aromatic carbocycles. The van der Waals surface area contributed by atoms with Crippen LogP contribution in [-0.4, -0.2) is 47.4 Å². The van der Waals surface area contributed by atoms with Gasteiger partial charge in [-0.1, -0.05) is 23.5 Å². The molecule has 4 rings (SSSR count). The number of carbonyl (C=O) groups excluding carboxylic acids is 1. The summed E-state index contributed by atoms with van der Waals surface area (Å²) in [4.78, 5) is 30.0. The number of esters is 1. The van der Waals surface area contributed by atoms with Gasteiger partial charge in [-0.05, 0) is 44.2 Å². The summed E-state index contributed by atoms with van der Waals surface area (Å²) in [7, 11) is 1.86. The number of fused-ring (bicyclic) bond motifs is 1. The Balaban J connectivity index is 1.58.